The zero-order chi connectivity index (χ0) is 23.0. The maximum Gasteiger partial charge on any atom is 0.244 e. The van der Waals surface area contributed by atoms with Gasteiger partial charge in [-0.25, -0.2) is 8.42 Å². The number of hydrogen-bond donors (Lipinski definition) is 1. The first-order valence-electron chi connectivity index (χ1n) is 10.8. The first kappa shape index (κ1) is 22.9. The van der Waals surface area contributed by atoms with Gasteiger partial charge in [-0.15, -0.1) is 0 Å². The number of benzene rings is 2. The molecule has 2 atom stereocenters. The van der Waals surface area contributed by atoms with Gasteiger partial charge in [0.05, 0.1) is 17.5 Å². The summed E-state index contributed by atoms with van der Waals surface area (Å²) in [6.45, 7) is 8.24. The third kappa shape index (κ3) is 4.86. The molecular formula is C24H29N3O3S2. The predicted molar refractivity (Wildman–Crippen MR) is 134 cm³/mol. The fraction of sp³-hybridized carbons (Fsp3) is 0.417. The Morgan fingerprint density at radius 3 is 2.38 bits per heavy atom. The monoisotopic (exact) mass is 471 g/mol. The van der Waals surface area contributed by atoms with Crippen LogP contribution in [-0.2, 0) is 21.1 Å². The molecule has 0 saturated carbocycles. The number of amides is 1. The summed E-state index contributed by atoms with van der Waals surface area (Å²) in [5, 5.41) is 3.72. The number of nitrogens with zero attached hydrogens (tertiary/aromatic N) is 2. The quantitative estimate of drug-likeness (QED) is 0.716. The standard InChI is InChI=1S/C24H29N3O3S2/c1-5-18-6-8-19(9-7-18)27(24-25-20-13-32(29,30)14-21(20)31-24)12-22(28)26-23-16(3)10-15(2)11-17(23)4/h6-11,20-21H,5,12-14H2,1-4H3,(H,26,28)/t20-,21+/m1/s1. The molecule has 0 unspecified atom stereocenters. The minimum Gasteiger partial charge on any atom is -0.324 e. The fourth-order valence-electron chi connectivity index (χ4n) is 4.35. The Hall–Kier alpha value is -2.32. The van der Waals surface area contributed by atoms with E-state index in [1.807, 2.05) is 37.8 Å². The van der Waals surface area contributed by atoms with Crippen molar-refractivity contribution in [3.8, 4) is 0 Å². The van der Waals surface area contributed by atoms with Crippen LogP contribution in [0, 0.1) is 20.8 Å². The summed E-state index contributed by atoms with van der Waals surface area (Å²) in [5.74, 6) is 0.101. The lowest BCUT2D eigenvalue weighted by molar-refractivity contribution is -0.114. The maximum atomic E-state index is 13.1. The summed E-state index contributed by atoms with van der Waals surface area (Å²) in [7, 11) is -3.03. The van der Waals surface area contributed by atoms with E-state index in [1.54, 1.807) is 0 Å². The highest BCUT2D eigenvalue weighted by atomic mass is 32.2. The number of anilines is 2. The number of hydrogen-bond acceptors (Lipinski definition) is 6. The topological polar surface area (TPSA) is 78.8 Å². The van der Waals surface area contributed by atoms with Crippen LogP contribution in [0.4, 0.5) is 11.4 Å². The molecule has 0 spiro atoms. The van der Waals surface area contributed by atoms with E-state index in [1.165, 1.54) is 17.3 Å². The molecule has 170 valence electrons. The van der Waals surface area contributed by atoms with Gasteiger partial charge in [-0.2, -0.15) is 0 Å². The SMILES string of the molecule is CCc1ccc(N(CC(=O)Nc2c(C)cc(C)cc2C)C2=N[C@@H]3CS(=O)(=O)C[C@@H]3S2)cc1. The van der Waals surface area contributed by atoms with Gasteiger partial charge in [-0.1, -0.05) is 48.5 Å². The number of aryl methyl sites for hydroxylation is 4. The lowest BCUT2D eigenvalue weighted by atomic mass is 10.1. The second-order valence-electron chi connectivity index (χ2n) is 8.64. The Labute approximate surface area is 194 Å². The molecule has 2 aliphatic heterocycles. The first-order chi connectivity index (χ1) is 15.1. The number of carbonyl (C=O) groups is 1. The number of thioether (sulfide) groups is 1. The Kier molecular flexibility index (Phi) is 6.36. The van der Waals surface area contributed by atoms with Gasteiger partial charge in [0, 0.05) is 16.6 Å². The number of aliphatic imine (C=N–C) groups is 1. The third-order valence-corrected chi connectivity index (χ3v) is 9.18. The van der Waals surface area contributed by atoms with Crippen LogP contribution < -0.4 is 10.2 Å². The van der Waals surface area contributed by atoms with Gasteiger partial charge in [0.1, 0.15) is 6.54 Å². The molecule has 6 nitrogen and oxygen atoms in total. The van der Waals surface area contributed by atoms with Crippen molar-refractivity contribution in [3.63, 3.8) is 0 Å². The molecule has 32 heavy (non-hydrogen) atoms. The Bertz CT molecular complexity index is 1150. The molecule has 0 aliphatic carbocycles. The maximum absolute atomic E-state index is 13.1. The Morgan fingerprint density at radius 1 is 1.12 bits per heavy atom. The molecule has 2 aliphatic rings. The summed E-state index contributed by atoms with van der Waals surface area (Å²) in [5.41, 5.74) is 6.15. The highest BCUT2D eigenvalue weighted by Crippen LogP contribution is 2.37. The molecule has 2 aromatic rings. The number of rotatable bonds is 5. The van der Waals surface area contributed by atoms with Crippen molar-refractivity contribution in [1.29, 1.82) is 0 Å². The van der Waals surface area contributed by atoms with Crippen LogP contribution in [0.2, 0.25) is 0 Å². The zero-order valence-corrected chi connectivity index (χ0v) is 20.5. The van der Waals surface area contributed by atoms with E-state index in [2.05, 4.69) is 36.5 Å². The second-order valence-corrected chi connectivity index (χ2v) is 12.0. The molecule has 1 fully saturated rings. The minimum absolute atomic E-state index is 0.0722. The molecule has 0 bridgehead atoms. The Balaban J connectivity index is 1.59. The zero-order valence-electron chi connectivity index (χ0n) is 18.9. The van der Waals surface area contributed by atoms with E-state index in [-0.39, 0.29) is 35.2 Å². The largest absolute Gasteiger partial charge is 0.324 e. The van der Waals surface area contributed by atoms with Gasteiger partial charge in [0.25, 0.3) is 0 Å². The van der Waals surface area contributed by atoms with Crippen molar-refractivity contribution < 1.29 is 13.2 Å². The van der Waals surface area contributed by atoms with Crippen LogP contribution >= 0.6 is 11.8 Å². The highest BCUT2D eigenvalue weighted by Gasteiger charge is 2.44. The van der Waals surface area contributed by atoms with E-state index < -0.39 is 9.84 Å². The van der Waals surface area contributed by atoms with E-state index in [9.17, 15) is 13.2 Å². The van der Waals surface area contributed by atoms with E-state index in [0.29, 0.717) is 5.17 Å². The van der Waals surface area contributed by atoms with E-state index in [0.717, 1.165) is 34.5 Å². The second kappa shape index (κ2) is 8.90. The molecule has 4 rings (SSSR count). The first-order valence-corrected chi connectivity index (χ1v) is 13.5. The van der Waals surface area contributed by atoms with Crippen LogP contribution in [-0.4, -0.2) is 48.8 Å². The van der Waals surface area contributed by atoms with Gasteiger partial charge < -0.3 is 10.2 Å². The number of nitrogens with one attached hydrogen (secondary N) is 1. The van der Waals surface area contributed by atoms with Gasteiger partial charge in [-0.3, -0.25) is 9.79 Å². The third-order valence-electron chi connectivity index (χ3n) is 5.94. The van der Waals surface area contributed by atoms with Crippen molar-refractivity contribution in [3.05, 3.63) is 58.7 Å². The molecule has 1 saturated heterocycles. The highest BCUT2D eigenvalue weighted by molar-refractivity contribution is 8.15. The number of sulfone groups is 1. The summed E-state index contributed by atoms with van der Waals surface area (Å²) in [4.78, 5) is 19.7. The minimum atomic E-state index is -3.03. The molecule has 0 radical (unpaired) electrons. The van der Waals surface area contributed by atoms with Gasteiger partial charge in [0.2, 0.25) is 5.91 Å². The average Bonchev–Trinajstić information content (AvgIpc) is 3.22. The fourth-order valence-corrected chi connectivity index (χ4v) is 8.13. The lowest BCUT2D eigenvalue weighted by Gasteiger charge is -2.25. The lowest BCUT2D eigenvalue weighted by Crippen LogP contribution is -2.37. The molecule has 2 aromatic carbocycles. The normalized spacial score (nSPS) is 21.2. The van der Waals surface area contributed by atoms with Crippen molar-refractivity contribution in [2.45, 2.75) is 45.4 Å². The van der Waals surface area contributed by atoms with Crippen LogP contribution in [0.25, 0.3) is 0 Å². The smallest absolute Gasteiger partial charge is 0.244 e. The number of carbonyl (C=O) groups excluding carboxylic acids is 1. The van der Waals surface area contributed by atoms with Gasteiger partial charge >= 0.3 is 0 Å². The van der Waals surface area contributed by atoms with Crippen LogP contribution in [0.5, 0.6) is 0 Å². The molecule has 1 N–H and O–H groups in total. The summed E-state index contributed by atoms with van der Waals surface area (Å²) >= 11 is 1.47. The average molecular weight is 472 g/mol. The van der Waals surface area contributed by atoms with E-state index in [4.69, 9.17) is 4.99 Å². The van der Waals surface area contributed by atoms with Gasteiger partial charge in [-0.05, 0) is 56.0 Å². The molecular weight excluding hydrogens is 442 g/mol. The summed E-state index contributed by atoms with van der Waals surface area (Å²) in [6, 6.07) is 12.0. The van der Waals surface area contributed by atoms with Crippen molar-refractivity contribution in [2.75, 3.05) is 28.3 Å². The molecule has 2 heterocycles. The Morgan fingerprint density at radius 2 is 1.78 bits per heavy atom. The van der Waals surface area contributed by atoms with Crippen molar-refractivity contribution in [1.82, 2.24) is 0 Å². The predicted octanol–water partition coefficient (Wildman–Crippen LogP) is 3.89. The summed E-state index contributed by atoms with van der Waals surface area (Å²) < 4.78 is 23.9. The van der Waals surface area contributed by atoms with Crippen molar-refractivity contribution >= 4 is 44.0 Å². The molecule has 1 amide bonds. The van der Waals surface area contributed by atoms with Crippen LogP contribution in [0.1, 0.15) is 29.2 Å². The van der Waals surface area contributed by atoms with Gasteiger partial charge in [0.15, 0.2) is 15.0 Å². The van der Waals surface area contributed by atoms with Crippen LogP contribution in [0.15, 0.2) is 41.4 Å². The van der Waals surface area contributed by atoms with E-state index >= 15 is 0 Å². The summed E-state index contributed by atoms with van der Waals surface area (Å²) in [6.07, 6.45) is 0.935. The molecule has 0 aromatic heterocycles. The number of fused-ring (bicyclic) bond motifs is 1. The molecule has 8 heteroatoms. The van der Waals surface area contributed by atoms with Crippen molar-refractivity contribution in [2.24, 2.45) is 4.99 Å². The van der Waals surface area contributed by atoms with Crippen LogP contribution in [0.3, 0.4) is 0 Å². The number of amidine groups is 1.